The van der Waals surface area contributed by atoms with Gasteiger partial charge in [0.05, 0.1) is 5.54 Å². The molecule has 1 heterocycles. The van der Waals surface area contributed by atoms with Crippen molar-refractivity contribution in [2.24, 2.45) is 0 Å². The Morgan fingerprint density at radius 2 is 1.89 bits per heavy atom. The molecule has 19 heavy (non-hydrogen) atoms. The third-order valence-corrected chi connectivity index (χ3v) is 4.17. The van der Waals surface area contributed by atoms with Crippen molar-refractivity contribution in [2.45, 2.75) is 57.9 Å². The molecule has 0 aliphatic carbocycles. The number of carbonyl (C=O) groups is 1. The van der Waals surface area contributed by atoms with Crippen molar-refractivity contribution in [1.82, 2.24) is 5.32 Å². The van der Waals surface area contributed by atoms with E-state index in [0.717, 1.165) is 24.9 Å². The molecule has 0 saturated carbocycles. The van der Waals surface area contributed by atoms with Gasteiger partial charge in [0.15, 0.2) is 5.78 Å². The number of benzene rings is 1. The summed E-state index contributed by atoms with van der Waals surface area (Å²) >= 11 is 0. The molecule has 0 radical (unpaired) electrons. The van der Waals surface area contributed by atoms with Crippen LogP contribution in [-0.2, 0) is 16.6 Å². The first-order valence-electron chi connectivity index (χ1n) is 7.19. The maximum atomic E-state index is 12.4. The fourth-order valence-electron chi connectivity index (χ4n) is 2.64. The van der Waals surface area contributed by atoms with Crippen LogP contribution < -0.4 is 5.32 Å². The number of hydrogen-bond acceptors (Lipinski definition) is 2. The minimum absolute atomic E-state index is 0.168. The Labute approximate surface area is 116 Å². The van der Waals surface area contributed by atoms with Crippen LogP contribution in [0.5, 0.6) is 0 Å². The summed E-state index contributed by atoms with van der Waals surface area (Å²) in [7, 11) is 0. The van der Waals surface area contributed by atoms with Crippen molar-refractivity contribution in [3.8, 4) is 0 Å². The van der Waals surface area contributed by atoms with Gasteiger partial charge in [0.1, 0.15) is 0 Å². The molecule has 2 nitrogen and oxygen atoms in total. The molecule has 1 aliphatic rings. The molecule has 104 valence electrons. The van der Waals surface area contributed by atoms with Crippen LogP contribution in [0.25, 0.3) is 0 Å². The van der Waals surface area contributed by atoms with Crippen molar-refractivity contribution in [2.75, 3.05) is 6.54 Å². The minimum Gasteiger partial charge on any atom is -0.305 e. The van der Waals surface area contributed by atoms with Gasteiger partial charge in [-0.15, -0.1) is 0 Å². The first-order chi connectivity index (χ1) is 8.81. The van der Waals surface area contributed by atoms with Gasteiger partial charge in [0.2, 0.25) is 0 Å². The molecule has 2 heteroatoms. The van der Waals surface area contributed by atoms with E-state index in [2.05, 4.69) is 50.4 Å². The molecule has 1 unspecified atom stereocenters. The number of ketones is 1. The van der Waals surface area contributed by atoms with Crippen LogP contribution in [0.2, 0.25) is 0 Å². The number of rotatable bonds is 3. The number of nitrogens with one attached hydrogen (secondary N) is 1. The molecular formula is C17H25NO. The zero-order valence-electron chi connectivity index (χ0n) is 12.5. The van der Waals surface area contributed by atoms with Gasteiger partial charge < -0.3 is 5.32 Å². The Hall–Kier alpha value is -1.15. The third kappa shape index (κ3) is 3.24. The lowest BCUT2D eigenvalue weighted by molar-refractivity contribution is -0.123. The van der Waals surface area contributed by atoms with Crippen LogP contribution in [0.1, 0.15) is 51.7 Å². The average Bonchev–Trinajstić information content (AvgIpc) is 2.77. The van der Waals surface area contributed by atoms with Crippen LogP contribution >= 0.6 is 0 Å². The molecule has 1 fully saturated rings. The lowest BCUT2D eigenvalue weighted by Gasteiger charge is -2.23. The second-order valence-electron chi connectivity index (χ2n) is 6.91. The summed E-state index contributed by atoms with van der Waals surface area (Å²) in [6, 6.07) is 8.48. The van der Waals surface area contributed by atoms with Gasteiger partial charge in [-0.25, -0.2) is 0 Å². The molecule has 1 aromatic rings. The Morgan fingerprint density at radius 3 is 2.37 bits per heavy atom. The summed E-state index contributed by atoms with van der Waals surface area (Å²) in [4.78, 5) is 12.4. The highest BCUT2D eigenvalue weighted by Crippen LogP contribution is 2.24. The molecule has 1 atom stereocenters. The minimum atomic E-state index is -0.303. The maximum absolute atomic E-state index is 12.4. The van der Waals surface area contributed by atoms with Crippen molar-refractivity contribution >= 4 is 5.78 Å². The summed E-state index contributed by atoms with van der Waals surface area (Å²) in [5.74, 6) is 0.313. The van der Waals surface area contributed by atoms with Crippen LogP contribution in [0.15, 0.2) is 24.3 Å². The standard InChI is InChI=1S/C17H25NO/c1-16(2,3)14-8-6-13(7-9-14)12-15(19)17(4)10-5-11-18-17/h6-9,18H,5,10-12H2,1-4H3. The van der Waals surface area contributed by atoms with Crippen LogP contribution in [0.4, 0.5) is 0 Å². The van der Waals surface area contributed by atoms with E-state index in [1.165, 1.54) is 5.56 Å². The second-order valence-corrected chi connectivity index (χ2v) is 6.91. The van der Waals surface area contributed by atoms with Gasteiger partial charge in [0.25, 0.3) is 0 Å². The normalized spacial score (nSPS) is 23.6. The molecule has 1 aliphatic heterocycles. The molecular weight excluding hydrogens is 234 g/mol. The molecule has 0 amide bonds. The Bertz CT molecular complexity index is 447. The van der Waals surface area contributed by atoms with Crippen molar-refractivity contribution in [3.05, 3.63) is 35.4 Å². The lowest BCUT2D eigenvalue weighted by atomic mass is 9.85. The lowest BCUT2D eigenvalue weighted by Crippen LogP contribution is -2.45. The predicted molar refractivity (Wildman–Crippen MR) is 79.5 cm³/mol. The van der Waals surface area contributed by atoms with Crippen LogP contribution in [-0.4, -0.2) is 17.9 Å². The topological polar surface area (TPSA) is 29.1 Å². The number of carbonyl (C=O) groups excluding carboxylic acids is 1. The third-order valence-electron chi connectivity index (χ3n) is 4.17. The van der Waals surface area contributed by atoms with Crippen molar-refractivity contribution < 1.29 is 4.79 Å². The van der Waals surface area contributed by atoms with E-state index >= 15 is 0 Å². The fraction of sp³-hybridized carbons (Fsp3) is 0.588. The second kappa shape index (κ2) is 5.09. The zero-order chi connectivity index (χ0) is 14.1. The molecule has 1 N–H and O–H groups in total. The monoisotopic (exact) mass is 259 g/mol. The Kier molecular flexibility index (Phi) is 3.82. The fourth-order valence-corrected chi connectivity index (χ4v) is 2.64. The Morgan fingerprint density at radius 1 is 1.26 bits per heavy atom. The summed E-state index contributed by atoms with van der Waals surface area (Å²) in [5.41, 5.74) is 2.30. The van der Waals surface area contributed by atoms with E-state index in [1.807, 2.05) is 6.92 Å². The molecule has 0 aromatic heterocycles. The zero-order valence-corrected chi connectivity index (χ0v) is 12.5. The summed E-state index contributed by atoms with van der Waals surface area (Å²) in [6.07, 6.45) is 2.60. The quantitative estimate of drug-likeness (QED) is 0.903. The molecule has 0 bridgehead atoms. The summed E-state index contributed by atoms with van der Waals surface area (Å²) < 4.78 is 0. The molecule has 2 rings (SSSR count). The number of hydrogen-bond donors (Lipinski definition) is 1. The van der Waals surface area contributed by atoms with Gasteiger partial charge in [-0.3, -0.25) is 4.79 Å². The van der Waals surface area contributed by atoms with Gasteiger partial charge >= 0.3 is 0 Å². The van der Waals surface area contributed by atoms with E-state index in [0.29, 0.717) is 12.2 Å². The van der Waals surface area contributed by atoms with Gasteiger partial charge in [-0.1, -0.05) is 45.0 Å². The first kappa shape index (κ1) is 14.3. The van der Waals surface area contributed by atoms with Crippen LogP contribution in [0, 0.1) is 0 Å². The van der Waals surface area contributed by atoms with E-state index in [9.17, 15) is 4.79 Å². The van der Waals surface area contributed by atoms with E-state index in [1.54, 1.807) is 0 Å². The van der Waals surface area contributed by atoms with Crippen LogP contribution in [0.3, 0.4) is 0 Å². The van der Waals surface area contributed by atoms with Gasteiger partial charge in [-0.05, 0) is 42.9 Å². The summed E-state index contributed by atoms with van der Waals surface area (Å²) in [5, 5.41) is 3.34. The number of Topliss-reactive ketones (excluding diaryl/α,β-unsaturated/α-hetero) is 1. The predicted octanol–water partition coefficient (Wildman–Crippen LogP) is 3.24. The van der Waals surface area contributed by atoms with E-state index in [4.69, 9.17) is 0 Å². The van der Waals surface area contributed by atoms with Crippen molar-refractivity contribution in [3.63, 3.8) is 0 Å². The molecule has 1 saturated heterocycles. The smallest absolute Gasteiger partial charge is 0.156 e. The molecule has 1 aromatic carbocycles. The largest absolute Gasteiger partial charge is 0.305 e. The van der Waals surface area contributed by atoms with Gasteiger partial charge in [0, 0.05) is 6.42 Å². The van der Waals surface area contributed by atoms with Gasteiger partial charge in [-0.2, -0.15) is 0 Å². The average molecular weight is 259 g/mol. The maximum Gasteiger partial charge on any atom is 0.156 e. The Balaban J connectivity index is 2.06. The van der Waals surface area contributed by atoms with E-state index in [-0.39, 0.29) is 11.0 Å². The highest BCUT2D eigenvalue weighted by Gasteiger charge is 2.35. The molecule has 0 spiro atoms. The van der Waals surface area contributed by atoms with E-state index < -0.39 is 0 Å². The SMILES string of the molecule is CC1(C(=O)Cc2ccc(C(C)(C)C)cc2)CCCN1. The summed E-state index contributed by atoms with van der Waals surface area (Å²) in [6.45, 7) is 9.61. The first-order valence-corrected chi connectivity index (χ1v) is 7.19. The highest BCUT2D eigenvalue weighted by atomic mass is 16.1. The highest BCUT2D eigenvalue weighted by molar-refractivity contribution is 5.90. The van der Waals surface area contributed by atoms with Crippen molar-refractivity contribution in [1.29, 1.82) is 0 Å².